The van der Waals surface area contributed by atoms with Crippen LogP contribution in [0.1, 0.15) is 62.1 Å². The number of fused-ring (bicyclic) bond motifs is 1. The van der Waals surface area contributed by atoms with E-state index < -0.39 is 12.3 Å². The minimum atomic E-state index is -4.41. The number of hydrogen-bond acceptors (Lipinski definition) is 7. The lowest BCUT2D eigenvalue weighted by atomic mass is 9.84. The first-order valence-corrected chi connectivity index (χ1v) is 12.7. The van der Waals surface area contributed by atoms with Crippen LogP contribution < -0.4 is 10.1 Å². The molecule has 2 aromatic rings. The minimum Gasteiger partial charge on any atom is -0.465 e. The zero-order valence-electron chi connectivity index (χ0n) is 20.8. The van der Waals surface area contributed by atoms with E-state index in [0.29, 0.717) is 24.1 Å². The van der Waals surface area contributed by atoms with Crippen molar-refractivity contribution in [2.24, 2.45) is 5.92 Å². The predicted molar refractivity (Wildman–Crippen MR) is 125 cm³/mol. The number of rotatable bonds is 8. The molecule has 0 aromatic carbocycles. The molecule has 1 amide bonds. The second kappa shape index (κ2) is 11.6. The van der Waals surface area contributed by atoms with Gasteiger partial charge >= 0.3 is 6.18 Å². The molecule has 1 aliphatic carbocycles. The molecule has 198 valence electrons. The molecular weight excluding hydrogens is 475 g/mol. The molecule has 2 aromatic heterocycles. The average Bonchev–Trinajstić information content (AvgIpc) is 3.12. The molecule has 8 nitrogen and oxygen atoms in total. The summed E-state index contributed by atoms with van der Waals surface area (Å²) in [6.07, 6.45) is 0.539. The van der Waals surface area contributed by atoms with Gasteiger partial charge in [-0.25, -0.2) is 4.98 Å². The topological polar surface area (TPSA) is 93.4 Å². The lowest BCUT2D eigenvalue weighted by Crippen LogP contribution is -2.39. The maximum atomic E-state index is 12.8. The van der Waals surface area contributed by atoms with Crippen molar-refractivity contribution in [3.05, 3.63) is 35.2 Å². The first-order valence-electron chi connectivity index (χ1n) is 12.7. The largest absolute Gasteiger partial charge is 0.465 e. The summed E-state index contributed by atoms with van der Waals surface area (Å²) >= 11 is 0. The first-order chi connectivity index (χ1) is 17.2. The smallest absolute Gasteiger partial charge is 0.425 e. The van der Waals surface area contributed by atoms with Gasteiger partial charge < -0.3 is 19.4 Å². The fourth-order valence-electron chi connectivity index (χ4n) is 4.93. The van der Waals surface area contributed by atoms with Gasteiger partial charge in [0.2, 0.25) is 23.6 Å². The van der Waals surface area contributed by atoms with Crippen molar-refractivity contribution < 1.29 is 27.1 Å². The zero-order valence-corrected chi connectivity index (χ0v) is 20.8. The number of aryl methyl sites for hydroxylation is 1. The fourth-order valence-corrected chi connectivity index (χ4v) is 4.93. The quantitative estimate of drug-likeness (QED) is 0.578. The molecule has 36 heavy (non-hydrogen) atoms. The van der Waals surface area contributed by atoms with Gasteiger partial charge in [-0.15, -0.1) is 10.2 Å². The van der Waals surface area contributed by atoms with Crippen LogP contribution in [0.15, 0.2) is 16.5 Å². The van der Waals surface area contributed by atoms with Gasteiger partial charge in [0.05, 0.1) is 0 Å². The van der Waals surface area contributed by atoms with Gasteiger partial charge in [-0.3, -0.25) is 4.79 Å². The van der Waals surface area contributed by atoms with Crippen LogP contribution >= 0.6 is 0 Å². The number of carbonyl (C=O) groups excluding carboxylic acids is 1. The number of carbonyl (C=O) groups is 1. The Morgan fingerprint density at radius 1 is 1.19 bits per heavy atom. The van der Waals surface area contributed by atoms with Crippen LogP contribution in [0.3, 0.4) is 0 Å². The van der Waals surface area contributed by atoms with Crippen molar-refractivity contribution in [2.75, 3.05) is 19.6 Å². The number of nitrogens with one attached hydrogen (secondary N) is 1. The number of nitrogens with zero attached hydrogens (tertiary/aromatic N) is 4. The van der Waals surface area contributed by atoms with Gasteiger partial charge in [0.15, 0.2) is 6.10 Å². The Hall–Kier alpha value is -2.69. The molecule has 0 bridgehead atoms. The molecule has 1 fully saturated rings. The minimum absolute atomic E-state index is 0.0306. The van der Waals surface area contributed by atoms with Crippen LogP contribution in [0.5, 0.6) is 5.88 Å². The third-order valence-electron chi connectivity index (χ3n) is 7.11. The van der Waals surface area contributed by atoms with Crippen molar-refractivity contribution in [3.8, 4) is 5.88 Å². The van der Waals surface area contributed by atoms with Crippen LogP contribution in [0.2, 0.25) is 0 Å². The Bertz CT molecular complexity index is 1020. The molecule has 0 saturated heterocycles. The van der Waals surface area contributed by atoms with E-state index in [1.165, 1.54) is 6.07 Å². The summed E-state index contributed by atoms with van der Waals surface area (Å²) in [6, 6.07) is 3.57. The summed E-state index contributed by atoms with van der Waals surface area (Å²) in [4.78, 5) is 19.0. The molecule has 11 heteroatoms. The summed E-state index contributed by atoms with van der Waals surface area (Å²) in [7, 11) is 0. The molecule has 1 saturated carbocycles. The Kier molecular flexibility index (Phi) is 8.48. The van der Waals surface area contributed by atoms with Gasteiger partial charge in [-0.1, -0.05) is 6.07 Å². The second-order valence-corrected chi connectivity index (χ2v) is 9.86. The Balaban J connectivity index is 1.17. The third kappa shape index (κ3) is 7.41. The van der Waals surface area contributed by atoms with Gasteiger partial charge in [0, 0.05) is 44.2 Å². The van der Waals surface area contributed by atoms with E-state index in [1.807, 2.05) is 6.07 Å². The van der Waals surface area contributed by atoms with Crippen molar-refractivity contribution in [3.63, 3.8) is 0 Å². The molecule has 0 radical (unpaired) electrons. The molecule has 3 heterocycles. The van der Waals surface area contributed by atoms with Crippen molar-refractivity contribution >= 4 is 5.91 Å². The van der Waals surface area contributed by atoms with Gasteiger partial charge in [0.1, 0.15) is 6.42 Å². The second-order valence-electron chi connectivity index (χ2n) is 9.86. The predicted octanol–water partition coefficient (Wildman–Crippen LogP) is 3.81. The first kappa shape index (κ1) is 26.4. The van der Waals surface area contributed by atoms with Crippen LogP contribution in [0.25, 0.3) is 0 Å². The Labute approximate surface area is 209 Å². The Morgan fingerprint density at radius 2 is 1.94 bits per heavy atom. The zero-order chi connectivity index (χ0) is 25.7. The summed E-state index contributed by atoms with van der Waals surface area (Å²) < 4.78 is 48.7. The van der Waals surface area contributed by atoms with E-state index in [2.05, 4.69) is 25.4 Å². The van der Waals surface area contributed by atoms with E-state index in [4.69, 9.17) is 9.15 Å². The van der Waals surface area contributed by atoms with Crippen LogP contribution in [0.4, 0.5) is 13.2 Å². The lowest BCUT2D eigenvalue weighted by Gasteiger charge is -2.30. The van der Waals surface area contributed by atoms with E-state index in [-0.39, 0.29) is 24.2 Å². The number of hydrogen-bond donors (Lipinski definition) is 1. The standard InChI is InChI=1S/C25H34F3N5O3/c1-16(25(26,27)28)35-23-8-5-19-10-13-33(14-11-21(19)30-23)12-9-18-3-6-20(7-4-18)29-22(34)15-24-32-31-17(2)36-24/h5,8,16,18,20H,3-4,6-7,9-15H2,1-2H3,(H,29,34)/t16-,18?,20?/m0/s1. The molecule has 0 spiro atoms. The molecule has 1 aliphatic heterocycles. The van der Waals surface area contributed by atoms with Gasteiger partial charge in [-0.2, -0.15) is 13.2 Å². The number of amides is 1. The highest BCUT2D eigenvalue weighted by atomic mass is 19.4. The number of halogens is 3. The summed E-state index contributed by atoms with van der Waals surface area (Å²) in [5.41, 5.74) is 1.91. The highest BCUT2D eigenvalue weighted by Gasteiger charge is 2.38. The summed E-state index contributed by atoms with van der Waals surface area (Å²) in [6.45, 7) is 5.42. The summed E-state index contributed by atoms with van der Waals surface area (Å²) in [5.74, 6) is 1.37. The highest BCUT2D eigenvalue weighted by Crippen LogP contribution is 2.28. The van der Waals surface area contributed by atoms with Gasteiger partial charge in [0.25, 0.3) is 0 Å². The van der Waals surface area contributed by atoms with Gasteiger partial charge in [-0.05, 0) is 63.5 Å². The van der Waals surface area contributed by atoms with Crippen molar-refractivity contribution in [1.29, 1.82) is 0 Å². The molecule has 1 atom stereocenters. The highest BCUT2D eigenvalue weighted by molar-refractivity contribution is 5.77. The third-order valence-corrected chi connectivity index (χ3v) is 7.11. The maximum absolute atomic E-state index is 12.8. The number of alkyl halides is 3. The van der Waals surface area contributed by atoms with Crippen LogP contribution in [-0.4, -0.2) is 63.9 Å². The number of ether oxygens (including phenoxy) is 1. The van der Waals surface area contributed by atoms with E-state index >= 15 is 0 Å². The van der Waals surface area contributed by atoms with E-state index in [0.717, 1.165) is 76.3 Å². The molecular formula is C25H34F3N5O3. The monoisotopic (exact) mass is 509 g/mol. The van der Waals surface area contributed by atoms with E-state index in [1.54, 1.807) is 6.92 Å². The van der Waals surface area contributed by atoms with Crippen molar-refractivity contribution in [2.45, 2.75) is 83.5 Å². The number of pyridine rings is 1. The maximum Gasteiger partial charge on any atom is 0.425 e. The van der Waals surface area contributed by atoms with E-state index in [9.17, 15) is 18.0 Å². The van der Waals surface area contributed by atoms with Crippen molar-refractivity contribution in [1.82, 2.24) is 25.4 Å². The summed E-state index contributed by atoms with van der Waals surface area (Å²) in [5, 5.41) is 10.7. The average molecular weight is 510 g/mol. The molecule has 4 rings (SSSR count). The molecule has 1 N–H and O–H groups in total. The lowest BCUT2D eigenvalue weighted by molar-refractivity contribution is -0.190. The van der Waals surface area contributed by atoms with Crippen LogP contribution in [-0.2, 0) is 24.1 Å². The normalized spacial score (nSPS) is 21.9. The van der Waals surface area contributed by atoms with Crippen LogP contribution in [0, 0.1) is 12.8 Å². The number of aromatic nitrogens is 3. The fraction of sp³-hybridized carbons (Fsp3) is 0.680. The molecule has 0 unspecified atom stereocenters. The molecule has 2 aliphatic rings. The SMILES string of the molecule is Cc1nnc(CC(=O)NC2CCC(CCN3CCc4ccc(O[C@@H](C)C(F)(F)F)nc4CC3)CC2)o1. The Morgan fingerprint density at radius 3 is 2.64 bits per heavy atom.